The number of hydrogen-bond acceptors (Lipinski definition) is 4. The van der Waals surface area contributed by atoms with Crippen LogP contribution in [0.1, 0.15) is 32.4 Å². The molecule has 1 heterocycles. The second kappa shape index (κ2) is 5.27. The molecule has 5 nitrogen and oxygen atoms in total. The highest BCUT2D eigenvalue weighted by molar-refractivity contribution is 7.07. The Balaban J connectivity index is 2.49. The van der Waals surface area contributed by atoms with E-state index in [2.05, 4.69) is 10.3 Å². The molecule has 4 N–H and O–H groups in total. The van der Waals surface area contributed by atoms with Crippen molar-refractivity contribution in [2.24, 2.45) is 5.73 Å². The third kappa shape index (κ3) is 3.46. The van der Waals surface area contributed by atoms with Crippen molar-refractivity contribution in [1.82, 2.24) is 10.3 Å². The van der Waals surface area contributed by atoms with Crippen LogP contribution in [0.15, 0.2) is 10.2 Å². The lowest BCUT2D eigenvalue weighted by atomic mass is 9.96. The van der Waals surface area contributed by atoms with Gasteiger partial charge in [0, 0.05) is 11.1 Å². The summed E-state index contributed by atoms with van der Waals surface area (Å²) in [4.78, 5) is 25.1. The third-order valence-electron chi connectivity index (χ3n) is 2.30. The molecule has 0 aliphatic rings. The van der Waals surface area contributed by atoms with E-state index in [0.717, 1.165) is 17.8 Å². The maximum atomic E-state index is 11.7. The third-order valence-corrected chi connectivity index (χ3v) is 3.02. The molecule has 0 aromatic carbocycles. The van der Waals surface area contributed by atoms with Crippen LogP contribution in [-0.2, 0) is 11.3 Å². The van der Waals surface area contributed by atoms with Crippen molar-refractivity contribution in [1.29, 1.82) is 0 Å². The van der Waals surface area contributed by atoms with Crippen molar-refractivity contribution in [3.63, 3.8) is 0 Å². The minimum Gasteiger partial charge on any atom is -0.349 e. The van der Waals surface area contributed by atoms with E-state index in [1.54, 1.807) is 12.3 Å². The average Bonchev–Trinajstić information content (AvgIpc) is 2.60. The molecule has 1 rings (SSSR count). The van der Waals surface area contributed by atoms with Gasteiger partial charge in [0.25, 0.3) is 0 Å². The zero-order chi connectivity index (χ0) is 12.2. The number of aromatic nitrogens is 1. The Hall–Kier alpha value is -1.14. The zero-order valence-corrected chi connectivity index (χ0v) is 10.3. The van der Waals surface area contributed by atoms with Crippen LogP contribution in [0.5, 0.6) is 0 Å². The molecular formula is C10H17N3O2S. The SMILES string of the molecule is CCCC(C)(N)C(=O)NCc1csc(=O)[nH]1. The van der Waals surface area contributed by atoms with E-state index >= 15 is 0 Å². The topological polar surface area (TPSA) is 88.0 Å². The summed E-state index contributed by atoms with van der Waals surface area (Å²) in [6.45, 7) is 4.00. The number of amides is 1. The van der Waals surface area contributed by atoms with Crippen LogP contribution < -0.4 is 15.9 Å². The molecular weight excluding hydrogens is 226 g/mol. The molecule has 1 aromatic heterocycles. The molecule has 0 bridgehead atoms. The lowest BCUT2D eigenvalue weighted by molar-refractivity contribution is -0.126. The lowest BCUT2D eigenvalue weighted by Gasteiger charge is -2.22. The standard InChI is InChI=1S/C10H17N3O2S/c1-3-4-10(2,11)8(14)12-5-7-6-16-9(15)13-7/h6H,3-5,11H2,1-2H3,(H,12,14)(H,13,15). The van der Waals surface area contributed by atoms with Crippen molar-refractivity contribution in [2.45, 2.75) is 38.8 Å². The van der Waals surface area contributed by atoms with Crippen LogP contribution in [0.2, 0.25) is 0 Å². The summed E-state index contributed by atoms with van der Waals surface area (Å²) in [5.41, 5.74) is 5.72. The Morgan fingerprint density at radius 2 is 2.38 bits per heavy atom. The summed E-state index contributed by atoms with van der Waals surface area (Å²) in [6.07, 6.45) is 1.49. The van der Waals surface area contributed by atoms with Gasteiger partial charge in [-0.3, -0.25) is 9.59 Å². The molecule has 6 heteroatoms. The number of carbonyl (C=O) groups excluding carboxylic acids is 1. The Morgan fingerprint density at radius 3 is 2.88 bits per heavy atom. The predicted octanol–water partition coefficient (Wildman–Crippen LogP) is 0.570. The van der Waals surface area contributed by atoms with Gasteiger partial charge in [0.1, 0.15) is 0 Å². The van der Waals surface area contributed by atoms with Gasteiger partial charge in [-0.05, 0) is 13.3 Å². The quantitative estimate of drug-likeness (QED) is 0.706. The number of aromatic amines is 1. The monoisotopic (exact) mass is 243 g/mol. The maximum Gasteiger partial charge on any atom is 0.304 e. The van der Waals surface area contributed by atoms with Gasteiger partial charge < -0.3 is 16.0 Å². The molecule has 16 heavy (non-hydrogen) atoms. The van der Waals surface area contributed by atoms with E-state index in [-0.39, 0.29) is 10.8 Å². The number of nitrogens with one attached hydrogen (secondary N) is 2. The molecule has 1 amide bonds. The predicted molar refractivity (Wildman–Crippen MR) is 64.3 cm³/mol. The average molecular weight is 243 g/mol. The second-order valence-electron chi connectivity index (χ2n) is 4.02. The Bertz CT molecular complexity index is 408. The lowest BCUT2D eigenvalue weighted by Crippen LogP contribution is -2.51. The van der Waals surface area contributed by atoms with Gasteiger partial charge in [-0.15, -0.1) is 0 Å². The minimum atomic E-state index is -0.842. The molecule has 0 aliphatic carbocycles. The van der Waals surface area contributed by atoms with E-state index in [4.69, 9.17) is 5.73 Å². The van der Waals surface area contributed by atoms with Crippen molar-refractivity contribution >= 4 is 17.2 Å². The number of thiazole rings is 1. The molecule has 0 saturated carbocycles. The number of hydrogen-bond donors (Lipinski definition) is 3. The van der Waals surface area contributed by atoms with Crippen LogP contribution in [0.25, 0.3) is 0 Å². The summed E-state index contributed by atoms with van der Waals surface area (Å²) >= 11 is 1.08. The van der Waals surface area contributed by atoms with E-state index in [0.29, 0.717) is 18.7 Å². The van der Waals surface area contributed by atoms with Gasteiger partial charge in [-0.2, -0.15) is 0 Å². The number of nitrogens with two attached hydrogens (primary N) is 1. The number of rotatable bonds is 5. The van der Waals surface area contributed by atoms with Crippen LogP contribution in [-0.4, -0.2) is 16.4 Å². The molecule has 0 radical (unpaired) electrons. The summed E-state index contributed by atoms with van der Waals surface area (Å²) in [6, 6.07) is 0. The Kier molecular flexibility index (Phi) is 4.26. The minimum absolute atomic E-state index is 0.117. The molecule has 0 saturated heterocycles. The highest BCUT2D eigenvalue weighted by Gasteiger charge is 2.26. The summed E-state index contributed by atoms with van der Waals surface area (Å²) < 4.78 is 0. The second-order valence-corrected chi connectivity index (χ2v) is 4.87. The van der Waals surface area contributed by atoms with Crippen LogP contribution in [0, 0.1) is 0 Å². The van der Waals surface area contributed by atoms with Gasteiger partial charge in [0.2, 0.25) is 5.91 Å². The fourth-order valence-electron chi connectivity index (χ4n) is 1.41. The Labute approximate surface area is 98.1 Å². The molecule has 90 valence electrons. The maximum absolute atomic E-state index is 11.7. The zero-order valence-electron chi connectivity index (χ0n) is 9.50. The summed E-state index contributed by atoms with van der Waals surface area (Å²) in [5.74, 6) is -0.193. The summed E-state index contributed by atoms with van der Waals surface area (Å²) in [7, 11) is 0. The van der Waals surface area contributed by atoms with Crippen molar-refractivity contribution in [3.8, 4) is 0 Å². The smallest absolute Gasteiger partial charge is 0.304 e. The largest absolute Gasteiger partial charge is 0.349 e. The van der Waals surface area contributed by atoms with Crippen LogP contribution >= 0.6 is 11.3 Å². The van der Waals surface area contributed by atoms with Crippen molar-refractivity contribution in [2.75, 3.05) is 0 Å². The first-order valence-electron chi connectivity index (χ1n) is 5.19. The first kappa shape index (κ1) is 12.9. The number of H-pyrrole nitrogens is 1. The molecule has 1 aromatic rings. The van der Waals surface area contributed by atoms with E-state index in [9.17, 15) is 9.59 Å². The number of carbonyl (C=O) groups is 1. The van der Waals surface area contributed by atoms with E-state index in [1.807, 2.05) is 6.92 Å². The van der Waals surface area contributed by atoms with Gasteiger partial charge in [-0.1, -0.05) is 24.7 Å². The van der Waals surface area contributed by atoms with Crippen LogP contribution in [0.4, 0.5) is 0 Å². The van der Waals surface area contributed by atoms with Gasteiger partial charge in [0.15, 0.2) is 0 Å². The van der Waals surface area contributed by atoms with Crippen molar-refractivity contribution in [3.05, 3.63) is 20.7 Å². The van der Waals surface area contributed by atoms with Gasteiger partial charge >= 0.3 is 4.87 Å². The highest BCUT2D eigenvalue weighted by atomic mass is 32.1. The van der Waals surface area contributed by atoms with Gasteiger partial charge in [0.05, 0.1) is 12.1 Å². The molecule has 0 aliphatic heterocycles. The summed E-state index contributed by atoms with van der Waals surface area (Å²) in [5, 5.41) is 4.40. The molecule has 0 fully saturated rings. The molecule has 1 atom stereocenters. The highest BCUT2D eigenvalue weighted by Crippen LogP contribution is 2.08. The molecule has 0 spiro atoms. The normalized spacial score (nSPS) is 14.4. The first-order valence-corrected chi connectivity index (χ1v) is 6.07. The van der Waals surface area contributed by atoms with E-state index < -0.39 is 5.54 Å². The van der Waals surface area contributed by atoms with Gasteiger partial charge in [-0.25, -0.2) is 0 Å². The molecule has 1 unspecified atom stereocenters. The first-order chi connectivity index (χ1) is 7.45. The Morgan fingerprint density at radius 1 is 1.69 bits per heavy atom. The fourth-order valence-corrected chi connectivity index (χ4v) is 1.99. The van der Waals surface area contributed by atoms with Crippen molar-refractivity contribution < 1.29 is 4.79 Å². The van der Waals surface area contributed by atoms with Crippen LogP contribution in [0.3, 0.4) is 0 Å². The fraction of sp³-hybridized carbons (Fsp3) is 0.600. The van der Waals surface area contributed by atoms with E-state index in [1.165, 1.54) is 0 Å².